The molecule has 0 saturated carbocycles. The quantitative estimate of drug-likeness (QED) is 0.440. The Morgan fingerprint density at radius 1 is 0.882 bits per heavy atom. The van der Waals surface area contributed by atoms with Crippen molar-refractivity contribution in [3.63, 3.8) is 0 Å². The van der Waals surface area contributed by atoms with Crippen molar-refractivity contribution in [1.82, 2.24) is 0 Å². The zero-order chi connectivity index (χ0) is 13.5. The van der Waals surface area contributed by atoms with Crippen molar-refractivity contribution in [1.29, 1.82) is 0 Å². The Labute approximate surface area is 110 Å². The van der Waals surface area contributed by atoms with E-state index in [2.05, 4.69) is 60.6 Å². The minimum atomic E-state index is 0.478. The fourth-order valence-electron chi connectivity index (χ4n) is 2.22. The van der Waals surface area contributed by atoms with Crippen molar-refractivity contribution < 1.29 is 0 Å². The minimum absolute atomic E-state index is 0.478. The lowest BCUT2D eigenvalue weighted by atomic mass is 9.73. The van der Waals surface area contributed by atoms with E-state index in [-0.39, 0.29) is 0 Å². The molecule has 0 aliphatic heterocycles. The zero-order valence-electron chi connectivity index (χ0n) is 13.3. The SMILES string of the molecule is CCC(C)(CC)CC=CC(C)C(C)(CC)CC. The predicted octanol–water partition coefficient (Wildman–Crippen LogP) is 6.22. The van der Waals surface area contributed by atoms with Crippen LogP contribution in [0.25, 0.3) is 0 Å². The van der Waals surface area contributed by atoms with Crippen LogP contribution in [0.2, 0.25) is 0 Å². The molecule has 1 atom stereocenters. The molecule has 0 aromatic heterocycles. The molecule has 1 unspecified atom stereocenters. The second-order valence-electron chi connectivity index (χ2n) is 6.30. The Morgan fingerprint density at radius 3 is 1.71 bits per heavy atom. The molecule has 0 rings (SSSR count). The van der Waals surface area contributed by atoms with Crippen molar-refractivity contribution in [2.75, 3.05) is 0 Å². The van der Waals surface area contributed by atoms with E-state index in [4.69, 9.17) is 0 Å². The molecule has 0 fully saturated rings. The number of rotatable bonds is 8. The summed E-state index contributed by atoms with van der Waals surface area (Å²) < 4.78 is 0. The first kappa shape index (κ1) is 16.7. The van der Waals surface area contributed by atoms with E-state index in [1.807, 2.05) is 0 Å². The maximum atomic E-state index is 2.45. The van der Waals surface area contributed by atoms with Gasteiger partial charge in [-0.1, -0.05) is 86.3 Å². The number of hydrogen-bond acceptors (Lipinski definition) is 0. The van der Waals surface area contributed by atoms with Crippen LogP contribution >= 0.6 is 0 Å². The van der Waals surface area contributed by atoms with Crippen LogP contribution in [-0.4, -0.2) is 0 Å². The molecule has 0 aromatic carbocycles. The summed E-state index contributed by atoms with van der Waals surface area (Å²) in [6.45, 7) is 16.4. The van der Waals surface area contributed by atoms with Gasteiger partial charge in [-0.25, -0.2) is 0 Å². The Bertz CT molecular complexity index is 216. The van der Waals surface area contributed by atoms with Crippen molar-refractivity contribution >= 4 is 0 Å². The summed E-state index contributed by atoms with van der Waals surface area (Å²) in [6.07, 6.45) is 11.2. The number of hydrogen-bond donors (Lipinski definition) is 0. The van der Waals surface area contributed by atoms with Crippen molar-refractivity contribution in [2.45, 2.75) is 80.6 Å². The summed E-state index contributed by atoms with van der Waals surface area (Å²) in [6, 6.07) is 0. The van der Waals surface area contributed by atoms with E-state index in [0.29, 0.717) is 16.7 Å². The predicted molar refractivity (Wildman–Crippen MR) is 80.3 cm³/mol. The summed E-state index contributed by atoms with van der Waals surface area (Å²) in [5, 5.41) is 0. The highest BCUT2D eigenvalue weighted by Gasteiger charge is 2.25. The first-order valence-electron chi connectivity index (χ1n) is 7.54. The maximum absolute atomic E-state index is 2.45. The molecule has 0 aliphatic rings. The lowest BCUT2D eigenvalue weighted by molar-refractivity contribution is 0.221. The summed E-state index contributed by atoms with van der Waals surface area (Å²) in [5.74, 6) is 0.690. The summed E-state index contributed by atoms with van der Waals surface area (Å²) in [4.78, 5) is 0. The van der Waals surface area contributed by atoms with Crippen LogP contribution in [0.1, 0.15) is 80.6 Å². The lowest BCUT2D eigenvalue weighted by Gasteiger charge is -2.32. The third-order valence-electron chi connectivity index (χ3n) is 5.46. The van der Waals surface area contributed by atoms with E-state index in [0.717, 1.165) is 0 Å². The molecule has 0 amide bonds. The smallest absolute Gasteiger partial charge is 0.0208 e. The normalized spacial score (nSPS) is 15.5. The van der Waals surface area contributed by atoms with Crippen LogP contribution < -0.4 is 0 Å². The molecular formula is C17H34. The zero-order valence-corrected chi connectivity index (χ0v) is 13.3. The van der Waals surface area contributed by atoms with E-state index in [9.17, 15) is 0 Å². The average Bonchev–Trinajstić information content (AvgIpc) is 2.37. The molecule has 0 heterocycles. The van der Waals surface area contributed by atoms with Gasteiger partial charge in [0.2, 0.25) is 0 Å². The second-order valence-corrected chi connectivity index (χ2v) is 6.30. The molecular weight excluding hydrogens is 204 g/mol. The van der Waals surface area contributed by atoms with Gasteiger partial charge in [0.05, 0.1) is 0 Å². The average molecular weight is 238 g/mol. The van der Waals surface area contributed by atoms with Gasteiger partial charge in [-0.2, -0.15) is 0 Å². The Morgan fingerprint density at radius 2 is 1.35 bits per heavy atom. The van der Waals surface area contributed by atoms with Gasteiger partial charge in [-0.05, 0) is 23.2 Å². The van der Waals surface area contributed by atoms with Crippen LogP contribution in [0, 0.1) is 16.7 Å². The van der Waals surface area contributed by atoms with Gasteiger partial charge in [-0.3, -0.25) is 0 Å². The highest BCUT2D eigenvalue weighted by atomic mass is 14.3. The fraction of sp³-hybridized carbons (Fsp3) is 0.882. The Balaban J connectivity index is 4.43. The molecule has 102 valence electrons. The molecule has 17 heavy (non-hydrogen) atoms. The van der Waals surface area contributed by atoms with Crippen LogP contribution in [0.15, 0.2) is 12.2 Å². The molecule has 0 N–H and O–H groups in total. The molecule has 0 spiro atoms. The molecule has 0 nitrogen and oxygen atoms in total. The second kappa shape index (κ2) is 7.24. The largest absolute Gasteiger partial charge is 0.0877 e. The van der Waals surface area contributed by atoms with E-state index in [1.54, 1.807) is 0 Å². The van der Waals surface area contributed by atoms with Crippen LogP contribution in [0.5, 0.6) is 0 Å². The Kier molecular flexibility index (Phi) is 7.13. The molecule has 0 aromatic rings. The van der Waals surface area contributed by atoms with E-state index < -0.39 is 0 Å². The molecule has 0 radical (unpaired) electrons. The van der Waals surface area contributed by atoms with Crippen molar-refractivity contribution in [2.24, 2.45) is 16.7 Å². The van der Waals surface area contributed by atoms with Crippen LogP contribution in [-0.2, 0) is 0 Å². The third kappa shape index (κ3) is 4.85. The fourth-order valence-corrected chi connectivity index (χ4v) is 2.22. The monoisotopic (exact) mass is 238 g/mol. The van der Waals surface area contributed by atoms with Gasteiger partial charge in [0.1, 0.15) is 0 Å². The molecule has 0 heteroatoms. The highest BCUT2D eigenvalue weighted by Crippen LogP contribution is 2.36. The van der Waals surface area contributed by atoms with Gasteiger partial charge in [-0.15, -0.1) is 0 Å². The van der Waals surface area contributed by atoms with Gasteiger partial charge >= 0.3 is 0 Å². The van der Waals surface area contributed by atoms with Crippen LogP contribution in [0.4, 0.5) is 0 Å². The number of allylic oxidation sites excluding steroid dienone is 2. The molecule has 0 saturated heterocycles. The van der Waals surface area contributed by atoms with E-state index in [1.165, 1.54) is 32.1 Å². The van der Waals surface area contributed by atoms with Gasteiger partial charge in [0, 0.05) is 0 Å². The lowest BCUT2D eigenvalue weighted by Crippen LogP contribution is -2.22. The van der Waals surface area contributed by atoms with Gasteiger partial charge in [0.25, 0.3) is 0 Å². The first-order chi connectivity index (χ1) is 7.87. The highest BCUT2D eigenvalue weighted by molar-refractivity contribution is 4.96. The molecule has 0 bridgehead atoms. The standard InChI is InChI=1S/C17H34/c1-8-16(6,9-2)14-12-13-15(5)17(7,10-3)11-4/h12-13,15H,8-11,14H2,1-7H3. The third-order valence-corrected chi connectivity index (χ3v) is 5.46. The topological polar surface area (TPSA) is 0 Å². The first-order valence-corrected chi connectivity index (χ1v) is 7.54. The summed E-state index contributed by atoms with van der Waals surface area (Å²) >= 11 is 0. The Hall–Kier alpha value is -0.260. The molecule has 0 aliphatic carbocycles. The van der Waals surface area contributed by atoms with Crippen molar-refractivity contribution in [3.05, 3.63) is 12.2 Å². The van der Waals surface area contributed by atoms with Gasteiger partial charge < -0.3 is 0 Å². The van der Waals surface area contributed by atoms with Gasteiger partial charge in [0.15, 0.2) is 0 Å². The summed E-state index contributed by atoms with van der Waals surface area (Å²) in [7, 11) is 0. The van der Waals surface area contributed by atoms with Crippen LogP contribution in [0.3, 0.4) is 0 Å². The van der Waals surface area contributed by atoms with E-state index >= 15 is 0 Å². The minimum Gasteiger partial charge on any atom is -0.0877 e. The maximum Gasteiger partial charge on any atom is -0.0208 e. The van der Waals surface area contributed by atoms with Crippen molar-refractivity contribution in [3.8, 4) is 0 Å². The summed E-state index contributed by atoms with van der Waals surface area (Å²) in [5.41, 5.74) is 0.983.